The molecule has 2 amide bonds. The molecule has 0 aromatic heterocycles. The minimum Gasteiger partial charge on any atom is -0.497 e. The predicted molar refractivity (Wildman–Crippen MR) is 101 cm³/mol. The summed E-state index contributed by atoms with van der Waals surface area (Å²) >= 11 is 0. The number of ether oxygens (including phenoxy) is 2. The minimum atomic E-state index is -0.873. The van der Waals surface area contributed by atoms with Crippen molar-refractivity contribution in [3.63, 3.8) is 0 Å². The average molecular weight is 384 g/mol. The molecule has 5 atom stereocenters. The number of rotatable bonds is 2. The molecule has 7 heteroatoms. The van der Waals surface area contributed by atoms with Gasteiger partial charge in [-0.05, 0) is 37.3 Å². The third-order valence-electron chi connectivity index (χ3n) is 7.03. The average Bonchev–Trinajstić information content (AvgIpc) is 2.79. The maximum absolute atomic E-state index is 13.7. The van der Waals surface area contributed by atoms with E-state index in [1.807, 2.05) is 31.2 Å². The molecule has 1 aromatic rings. The molecule has 3 saturated heterocycles. The first kappa shape index (κ1) is 17.7. The molecule has 1 saturated carbocycles. The van der Waals surface area contributed by atoms with E-state index in [-0.39, 0.29) is 35.8 Å². The fourth-order valence-corrected chi connectivity index (χ4v) is 5.75. The van der Waals surface area contributed by atoms with Gasteiger partial charge in [-0.15, -0.1) is 0 Å². The van der Waals surface area contributed by atoms with Gasteiger partial charge in [0.15, 0.2) is 0 Å². The van der Waals surface area contributed by atoms with Crippen molar-refractivity contribution in [1.82, 2.24) is 5.32 Å². The molecule has 0 unspecified atom stereocenters. The number of nitrogens with one attached hydrogen (secondary N) is 1. The second-order valence-corrected chi connectivity index (χ2v) is 7.99. The highest BCUT2D eigenvalue weighted by atomic mass is 16.7. The van der Waals surface area contributed by atoms with Crippen LogP contribution in [0.2, 0.25) is 0 Å². The van der Waals surface area contributed by atoms with Gasteiger partial charge in [-0.1, -0.05) is 12.1 Å². The minimum absolute atomic E-state index is 0.0181. The summed E-state index contributed by atoms with van der Waals surface area (Å²) in [6.45, 7) is 2.45. The number of methoxy groups -OCH3 is 1. The molecule has 4 bridgehead atoms. The zero-order valence-corrected chi connectivity index (χ0v) is 16.2. The normalized spacial score (nSPS) is 37.2. The van der Waals surface area contributed by atoms with E-state index >= 15 is 0 Å². The maximum atomic E-state index is 13.7. The number of amides is 2. The molecule has 28 heavy (non-hydrogen) atoms. The molecule has 1 N–H and O–H groups in total. The summed E-state index contributed by atoms with van der Waals surface area (Å²) in [5.74, 6) is 0.814. The largest absolute Gasteiger partial charge is 0.497 e. The first-order chi connectivity index (χ1) is 13.5. The second-order valence-electron chi connectivity index (χ2n) is 7.99. The number of fused-ring (bicyclic) bond motifs is 2. The Labute approximate surface area is 163 Å². The lowest BCUT2D eigenvalue weighted by Gasteiger charge is -2.41. The smallest absolute Gasteiger partial charge is 0.264 e. The Kier molecular flexibility index (Phi) is 3.83. The van der Waals surface area contributed by atoms with Crippen molar-refractivity contribution >= 4 is 17.5 Å². The summed E-state index contributed by atoms with van der Waals surface area (Å²) in [6, 6.07) is 5.52. The first-order valence-corrected chi connectivity index (χ1v) is 9.71. The van der Waals surface area contributed by atoms with Crippen LogP contribution in [0.1, 0.15) is 25.3 Å². The summed E-state index contributed by atoms with van der Waals surface area (Å²) in [5, 5.41) is 4.50. The Morgan fingerprint density at radius 3 is 2.86 bits per heavy atom. The van der Waals surface area contributed by atoms with E-state index in [1.54, 1.807) is 7.11 Å². The van der Waals surface area contributed by atoms with Crippen molar-refractivity contribution in [3.05, 3.63) is 35.4 Å². The Morgan fingerprint density at radius 2 is 2.14 bits per heavy atom. The van der Waals surface area contributed by atoms with Crippen LogP contribution < -0.4 is 15.1 Å². The number of hydroxylamine groups is 1. The van der Waals surface area contributed by atoms with Gasteiger partial charge < -0.3 is 14.8 Å². The number of hydrogen-bond acceptors (Lipinski definition) is 5. The van der Waals surface area contributed by atoms with E-state index < -0.39 is 5.41 Å². The Hall–Kier alpha value is -2.38. The molecule has 4 fully saturated rings. The highest BCUT2D eigenvalue weighted by molar-refractivity contribution is 6.08. The summed E-state index contributed by atoms with van der Waals surface area (Å²) in [5.41, 5.74) is 1.51. The van der Waals surface area contributed by atoms with Gasteiger partial charge in [-0.3, -0.25) is 14.4 Å². The molecule has 1 aromatic carbocycles. The number of carbonyl (C=O) groups excluding carboxylic acids is 2. The first-order valence-electron chi connectivity index (χ1n) is 9.71. The van der Waals surface area contributed by atoms with E-state index in [4.69, 9.17) is 14.3 Å². The Bertz CT molecular complexity index is 897. The molecular weight excluding hydrogens is 360 g/mol. The molecule has 1 spiro atoms. The van der Waals surface area contributed by atoms with E-state index in [1.165, 1.54) is 12.2 Å². The highest BCUT2D eigenvalue weighted by Crippen LogP contribution is 2.56. The van der Waals surface area contributed by atoms with Gasteiger partial charge in [0.25, 0.3) is 5.91 Å². The van der Waals surface area contributed by atoms with Crippen molar-refractivity contribution in [2.45, 2.75) is 37.3 Å². The number of allylic oxidation sites excluding steroid dienone is 1. The Morgan fingerprint density at radius 1 is 1.32 bits per heavy atom. The molecule has 6 rings (SSSR count). The van der Waals surface area contributed by atoms with Crippen LogP contribution in [0, 0.1) is 11.8 Å². The van der Waals surface area contributed by atoms with Crippen LogP contribution in [0.25, 0.3) is 0 Å². The fraction of sp³-hybridized carbons (Fsp3) is 0.524. The Balaban J connectivity index is 1.69. The van der Waals surface area contributed by atoms with Crippen LogP contribution in [-0.2, 0) is 24.6 Å². The van der Waals surface area contributed by atoms with Crippen LogP contribution in [0.5, 0.6) is 5.75 Å². The second kappa shape index (κ2) is 6.06. The lowest BCUT2D eigenvalue weighted by Crippen LogP contribution is -2.52. The molecule has 4 heterocycles. The quantitative estimate of drug-likeness (QED) is 0.786. The lowest BCUT2D eigenvalue weighted by atomic mass is 9.72. The SMILES string of the molecule is CC=C1C(=O)N[C@H]2C[C@@]3(C(=O)N(OC)c4cc(OC)ccc43)[C@H]3C[C@@H]1[C@@H]2CO3. The van der Waals surface area contributed by atoms with Crippen molar-refractivity contribution in [2.75, 3.05) is 25.9 Å². The topological polar surface area (TPSA) is 77.1 Å². The monoisotopic (exact) mass is 384 g/mol. The van der Waals surface area contributed by atoms with Crippen molar-refractivity contribution < 1.29 is 23.9 Å². The molecule has 4 aliphatic heterocycles. The summed E-state index contributed by atoms with van der Waals surface area (Å²) in [6.07, 6.45) is 2.77. The number of benzene rings is 1. The van der Waals surface area contributed by atoms with Crippen LogP contribution in [0.3, 0.4) is 0 Å². The predicted octanol–water partition coefficient (Wildman–Crippen LogP) is 1.71. The third-order valence-corrected chi connectivity index (χ3v) is 7.03. The van der Waals surface area contributed by atoms with Crippen LogP contribution in [0.15, 0.2) is 29.8 Å². The van der Waals surface area contributed by atoms with Crippen molar-refractivity contribution in [2.24, 2.45) is 11.8 Å². The number of anilines is 1. The molecule has 0 radical (unpaired) electrons. The summed E-state index contributed by atoms with van der Waals surface area (Å²) in [7, 11) is 3.09. The lowest BCUT2D eigenvalue weighted by molar-refractivity contribution is -0.137. The molecule has 148 valence electrons. The van der Waals surface area contributed by atoms with Gasteiger partial charge in [0.2, 0.25) is 5.91 Å². The van der Waals surface area contributed by atoms with Crippen LogP contribution in [0.4, 0.5) is 5.69 Å². The third kappa shape index (κ3) is 2.06. The van der Waals surface area contributed by atoms with E-state index in [0.29, 0.717) is 30.9 Å². The number of hydrogen-bond donors (Lipinski definition) is 1. The highest BCUT2D eigenvalue weighted by Gasteiger charge is 2.64. The molecule has 1 aliphatic carbocycles. The fourth-order valence-electron chi connectivity index (χ4n) is 5.75. The van der Waals surface area contributed by atoms with Gasteiger partial charge in [0.1, 0.15) is 11.2 Å². The van der Waals surface area contributed by atoms with Gasteiger partial charge in [-0.25, -0.2) is 0 Å². The zero-order chi connectivity index (χ0) is 19.6. The van der Waals surface area contributed by atoms with E-state index in [0.717, 1.165) is 11.1 Å². The number of carbonyl (C=O) groups is 2. The van der Waals surface area contributed by atoms with E-state index in [2.05, 4.69) is 5.32 Å². The number of nitrogens with zero attached hydrogens (tertiary/aromatic N) is 1. The van der Waals surface area contributed by atoms with Gasteiger partial charge in [0, 0.05) is 23.6 Å². The van der Waals surface area contributed by atoms with Crippen molar-refractivity contribution in [3.8, 4) is 5.75 Å². The number of piperidine rings is 1. The molecule has 7 nitrogen and oxygen atoms in total. The van der Waals surface area contributed by atoms with Crippen LogP contribution in [-0.4, -0.2) is 44.8 Å². The van der Waals surface area contributed by atoms with Crippen molar-refractivity contribution in [1.29, 1.82) is 0 Å². The maximum Gasteiger partial charge on any atom is 0.264 e. The standard InChI is InChI=1S/C21H24N2O5/c1-4-12-13-8-18-21(9-16(22-19(12)24)14(13)10-28-18)15-6-5-11(26-2)7-17(15)23(27-3)20(21)25/h4-7,13-14,16,18H,8-10H2,1-3H3,(H,22,24)/t13-,14-,16-,18+,21-/m0/s1. The van der Waals surface area contributed by atoms with Gasteiger partial charge in [-0.2, -0.15) is 5.06 Å². The van der Waals surface area contributed by atoms with Gasteiger partial charge in [0.05, 0.1) is 32.6 Å². The molecule has 5 aliphatic rings. The summed E-state index contributed by atoms with van der Waals surface area (Å²) in [4.78, 5) is 31.8. The zero-order valence-electron chi connectivity index (χ0n) is 16.2. The van der Waals surface area contributed by atoms with Crippen LogP contribution >= 0.6 is 0 Å². The van der Waals surface area contributed by atoms with E-state index in [9.17, 15) is 9.59 Å². The van der Waals surface area contributed by atoms with Gasteiger partial charge >= 0.3 is 0 Å². The molecular formula is C21H24N2O5. The summed E-state index contributed by atoms with van der Waals surface area (Å²) < 4.78 is 11.6.